The molecule has 6 heteroatoms. The van der Waals surface area contributed by atoms with E-state index in [2.05, 4.69) is 29.4 Å². The molecule has 1 saturated heterocycles. The van der Waals surface area contributed by atoms with Crippen molar-refractivity contribution in [2.75, 3.05) is 31.5 Å². The third-order valence-corrected chi connectivity index (χ3v) is 5.24. The highest BCUT2D eigenvalue weighted by molar-refractivity contribution is 6.00. The van der Waals surface area contributed by atoms with Gasteiger partial charge >= 0.3 is 0 Å². The molecule has 148 valence electrons. The Balaban J connectivity index is 1.39. The van der Waals surface area contributed by atoms with Gasteiger partial charge in [0.25, 0.3) is 5.91 Å². The monoisotopic (exact) mass is 373 g/mol. The van der Waals surface area contributed by atoms with E-state index in [0.717, 1.165) is 43.5 Å². The molecule has 2 N–H and O–H groups in total. The summed E-state index contributed by atoms with van der Waals surface area (Å²) in [5.41, 5.74) is 1.72. The number of anilines is 1. The van der Waals surface area contributed by atoms with E-state index in [1.165, 1.54) is 6.42 Å². The Bertz CT molecular complexity index is 681. The van der Waals surface area contributed by atoms with Gasteiger partial charge in [0.2, 0.25) is 5.91 Å². The lowest BCUT2D eigenvalue weighted by Crippen LogP contribution is -2.42. The second-order valence-corrected chi connectivity index (χ2v) is 8.21. The largest absolute Gasteiger partial charge is 0.478 e. The first-order valence-corrected chi connectivity index (χ1v) is 9.98. The van der Waals surface area contributed by atoms with Crippen LogP contribution in [0, 0.1) is 18.8 Å². The minimum Gasteiger partial charge on any atom is -0.478 e. The molecule has 1 fully saturated rings. The summed E-state index contributed by atoms with van der Waals surface area (Å²) < 4.78 is 5.71. The van der Waals surface area contributed by atoms with Crippen LogP contribution in [0.2, 0.25) is 0 Å². The highest BCUT2D eigenvalue weighted by Gasteiger charge is 2.29. The van der Waals surface area contributed by atoms with Crippen LogP contribution in [0.4, 0.5) is 5.69 Å². The number of nitrogens with one attached hydrogen (secondary N) is 2. The van der Waals surface area contributed by atoms with Gasteiger partial charge in [-0.1, -0.05) is 19.9 Å². The molecular formula is C21H31N3O3. The standard InChI is InChI=1S/C21H31N3O3/c1-14-5-6-18-17(10-14)23-21(26)19(27-18)11-20(25)22-7-4-8-24-12-15(2)9-16(3)13-24/h5-6,10,15-16,19H,4,7-9,11-13H2,1-3H3,(H,22,25)(H,23,26). The van der Waals surface area contributed by atoms with Crippen molar-refractivity contribution in [2.24, 2.45) is 11.8 Å². The number of likely N-dealkylation sites (tertiary alicyclic amines) is 1. The number of hydrogen-bond acceptors (Lipinski definition) is 4. The first kappa shape index (κ1) is 19.7. The number of hydrogen-bond donors (Lipinski definition) is 2. The molecule has 2 heterocycles. The third-order valence-electron chi connectivity index (χ3n) is 5.24. The van der Waals surface area contributed by atoms with E-state index in [-0.39, 0.29) is 18.2 Å². The van der Waals surface area contributed by atoms with Gasteiger partial charge in [0.1, 0.15) is 5.75 Å². The molecule has 0 spiro atoms. The van der Waals surface area contributed by atoms with Crippen LogP contribution in [0.1, 0.15) is 38.7 Å². The normalized spacial score (nSPS) is 25.3. The van der Waals surface area contributed by atoms with E-state index in [9.17, 15) is 9.59 Å². The van der Waals surface area contributed by atoms with E-state index in [1.54, 1.807) is 0 Å². The van der Waals surface area contributed by atoms with Crippen molar-refractivity contribution in [1.29, 1.82) is 0 Å². The van der Waals surface area contributed by atoms with E-state index in [0.29, 0.717) is 18.0 Å². The lowest BCUT2D eigenvalue weighted by Gasteiger charge is -2.34. The number of carbonyl (C=O) groups is 2. The fourth-order valence-electron chi connectivity index (χ4n) is 4.14. The number of piperidine rings is 1. The first-order chi connectivity index (χ1) is 12.9. The predicted octanol–water partition coefficient (Wildman–Crippen LogP) is 2.57. The summed E-state index contributed by atoms with van der Waals surface area (Å²) in [6.07, 6.45) is 1.49. The van der Waals surface area contributed by atoms with Gasteiger partial charge in [0.05, 0.1) is 12.1 Å². The maximum Gasteiger partial charge on any atom is 0.266 e. The Morgan fingerprint density at radius 3 is 2.78 bits per heavy atom. The molecule has 0 radical (unpaired) electrons. The second-order valence-electron chi connectivity index (χ2n) is 8.21. The maximum atomic E-state index is 12.2. The van der Waals surface area contributed by atoms with Crippen molar-refractivity contribution in [3.05, 3.63) is 23.8 Å². The zero-order valence-corrected chi connectivity index (χ0v) is 16.6. The van der Waals surface area contributed by atoms with Crippen LogP contribution >= 0.6 is 0 Å². The summed E-state index contributed by atoms with van der Waals surface area (Å²) in [4.78, 5) is 26.9. The fraction of sp³-hybridized carbons (Fsp3) is 0.619. The number of rotatable bonds is 6. The molecule has 1 aromatic carbocycles. The number of carbonyl (C=O) groups excluding carboxylic acids is 2. The minimum atomic E-state index is -0.774. The van der Waals surface area contributed by atoms with Crippen molar-refractivity contribution in [1.82, 2.24) is 10.2 Å². The van der Waals surface area contributed by atoms with Gasteiger partial charge in [0, 0.05) is 19.6 Å². The Labute approximate surface area is 161 Å². The van der Waals surface area contributed by atoms with E-state index >= 15 is 0 Å². The van der Waals surface area contributed by atoms with Gasteiger partial charge in [-0.15, -0.1) is 0 Å². The predicted molar refractivity (Wildman–Crippen MR) is 106 cm³/mol. The quantitative estimate of drug-likeness (QED) is 0.752. The fourth-order valence-corrected chi connectivity index (χ4v) is 4.14. The van der Waals surface area contributed by atoms with E-state index in [4.69, 9.17) is 4.74 Å². The van der Waals surface area contributed by atoms with Crippen LogP contribution in [0.15, 0.2) is 18.2 Å². The molecular weight excluding hydrogens is 342 g/mol. The second kappa shape index (κ2) is 8.74. The molecule has 1 aromatic rings. The number of benzene rings is 1. The topological polar surface area (TPSA) is 70.7 Å². The van der Waals surface area contributed by atoms with Gasteiger partial charge in [-0.2, -0.15) is 0 Å². The van der Waals surface area contributed by atoms with Crippen molar-refractivity contribution < 1.29 is 14.3 Å². The highest BCUT2D eigenvalue weighted by Crippen LogP contribution is 2.31. The first-order valence-electron chi connectivity index (χ1n) is 9.98. The van der Waals surface area contributed by atoms with Crippen LogP contribution < -0.4 is 15.4 Å². The van der Waals surface area contributed by atoms with E-state index in [1.807, 2.05) is 25.1 Å². The zero-order valence-electron chi connectivity index (χ0n) is 16.6. The average Bonchev–Trinajstić information content (AvgIpc) is 2.59. The lowest BCUT2D eigenvalue weighted by molar-refractivity contribution is -0.130. The van der Waals surface area contributed by atoms with Crippen molar-refractivity contribution in [2.45, 2.75) is 46.1 Å². The van der Waals surface area contributed by atoms with Gasteiger partial charge in [-0.25, -0.2) is 0 Å². The van der Waals surface area contributed by atoms with Gasteiger partial charge in [-0.3, -0.25) is 9.59 Å². The summed E-state index contributed by atoms with van der Waals surface area (Å²) in [7, 11) is 0. The van der Waals surface area contributed by atoms with Crippen molar-refractivity contribution >= 4 is 17.5 Å². The smallest absolute Gasteiger partial charge is 0.266 e. The van der Waals surface area contributed by atoms with Gasteiger partial charge in [0.15, 0.2) is 6.10 Å². The van der Waals surface area contributed by atoms with Crippen LogP contribution in [-0.2, 0) is 9.59 Å². The summed E-state index contributed by atoms with van der Waals surface area (Å²) in [5, 5.41) is 5.74. The Morgan fingerprint density at radius 2 is 2.04 bits per heavy atom. The molecule has 3 rings (SSSR count). The summed E-state index contributed by atoms with van der Waals surface area (Å²) in [5.74, 6) is 1.70. The molecule has 2 aliphatic rings. The molecule has 6 nitrogen and oxygen atoms in total. The van der Waals surface area contributed by atoms with Crippen LogP contribution in [0.3, 0.4) is 0 Å². The molecule has 2 amide bonds. The number of amides is 2. The molecule has 0 aromatic heterocycles. The van der Waals surface area contributed by atoms with Crippen LogP contribution in [0.5, 0.6) is 5.75 Å². The van der Waals surface area contributed by atoms with Gasteiger partial charge in [-0.05, 0) is 55.8 Å². The Kier molecular flexibility index (Phi) is 6.37. The van der Waals surface area contributed by atoms with Crippen molar-refractivity contribution in [3.8, 4) is 5.75 Å². The average molecular weight is 373 g/mol. The number of aryl methyl sites for hydroxylation is 1. The molecule has 27 heavy (non-hydrogen) atoms. The molecule has 3 atom stereocenters. The maximum absolute atomic E-state index is 12.2. The zero-order chi connectivity index (χ0) is 19.4. The molecule has 0 bridgehead atoms. The van der Waals surface area contributed by atoms with Crippen molar-refractivity contribution in [3.63, 3.8) is 0 Å². The molecule has 3 unspecified atom stereocenters. The molecule has 2 aliphatic heterocycles. The number of fused-ring (bicyclic) bond motifs is 1. The Hall–Kier alpha value is -2.08. The van der Waals surface area contributed by atoms with Crippen LogP contribution in [-0.4, -0.2) is 49.0 Å². The summed E-state index contributed by atoms with van der Waals surface area (Å²) in [6.45, 7) is 10.5. The van der Waals surface area contributed by atoms with Crippen LogP contribution in [0.25, 0.3) is 0 Å². The number of nitrogens with zero attached hydrogens (tertiary/aromatic N) is 1. The Morgan fingerprint density at radius 1 is 1.30 bits per heavy atom. The van der Waals surface area contributed by atoms with Gasteiger partial charge < -0.3 is 20.3 Å². The molecule has 0 saturated carbocycles. The lowest BCUT2D eigenvalue weighted by atomic mass is 9.92. The van der Waals surface area contributed by atoms with E-state index < -0.39 is 6.10 Å². The SMILES string of the molecule is Cc1ccc2c(c1)NC(=O)C(CC(=O)NCCCN1CC(C)CC(C)C1)O2. The third kappa shape index (κ3) is 5.45. The highest BCUT2D eigenvalue weighted by atomic mass is 16.5. The molecule has 0 aliphatic carbocycles. The summed E-state index contributed by atoms with van der Waals surface area (Å²) in [6, 6.07) is 5.62. The number of ether oxygens (including phenoxy) is 1. The summed E-state index contributed by atoms with van der Waals surface area (Å²) >= 11 is 0. The minimum absolute atomic E-state index is 0.0386.